The molecule has 3 aliphatic carbocycles. The molecule has 1 spiro atoms. The minimum atomic E-state index is -2.08. The first kappa shape index (κ1) is 29.2. The largest absolute Gasteiger partial charge is 0.458 e. The molecule has 41 heavy (non-hydrogen) atoms. The van der Waals surface area contributed by atoms with E-state index < -0.39 is 87.5 Å². The summed E-state index contributed by atoms with van der Waals surface area (Å²) >= 11 is 0. The smallest absolute Gasteiger partial charge is 0.342 e. The topological polar surface area (TPSA) is 164 Å². The van der Waals surface area contributed by atoms with Crippen LogP contribution in [0.15, 0.2) is 23.8 Å². The van der Waals surface area contributed by atoms with Crippen molar-refractivity contribution in [1.29, 1.82) is 0 Å². The highest BCUT2D eigenvalue weighted by molar-refractivity contribution is 5.90. The van der Waals surface area contributed by atoms with Crippen LogP contribution >= 0.6 is 0 Å². The predicted octanol–water partition coefficient (Wildman–Crippen LogP) is 1.60. The van der Waals surface area contributed by atoms with E-state index in [1.807, 2.05) is 0 Å². The molecule has 0 amide bonds. The molecule has 12 nitrogen and oxygen atoms in total. The van der Waals surface area contributed by atoms with Gasteiger partial charge in [0, 0.05) is 39.0 Å². The van der Waals surface area contributed by atoms with Gasteiger partial charge in [-0.2, -0.15) is 0 Å². The van der Waals surface area contributed by atoms with Crippen molar-refractivity contribution >= 4 is 29.8 Å². The van der Waals surface area contributed by atoms with Crippen LogP contribution in [0.2, 0.25) is 0 Å². The maximum absolute atomic E-state index is 13.3. The minimum absolute atomic E-state index is 0.0571. The lowest BCUT2D eigenvalue weighted by Gasteiger charge is -2.76. The summed E-state index contributed by atoms with van der Waals surface area (Å²) < 4.78 is 35.8. The second-order valence-electron chi connectivity index (χ2n) is 12.2. The third-order valence-electron chi connectivity index (χ3n) is 9.74. The summed E-state index contributed by atoms with van der Waals surface area (Å²) in [5.41, 5.74) is -10.1. The van der Waals surface area contributed by atoms with Crippen molar-refractivity contribution in [3.8, 4) is 0 Å². The normalized spacial score (nSPS) is 48.1. The van der Waals surface area contributed by atoms with E-state index in [2.05, 4.69) is 0 Å². The number of carbonyl (C=O) groups excluding carboxylic acids is 5. The van der Waals surface area contributed by atoms with Crippen LogP contribution in [0, 0.1) is 11.3 Å². The van der Waals surface area contributed by atoms with Crippen LogP contribution in [0.5, 0.6) is 0 Å². The summed E-state index contributed by atoms with van der Waals surface area (Å²) in [6, 6.07) is 0. The van der Waals surface area contributed by atoms with Crippen molar-refractivity contribution in [3.63, 3.8) is 0 Å². The molecule has 0 aromatic heterocycles. The highest BCUT2D eigenvalue weighted by Crippen LogP contribution is 2.82. The number of hydrogen-bond acceptors (Lipinski definition) is 12. The summed E-state index contributed by atoms with van der Waals surface area (Å²) in [7, 11) is 0. The van der Waals surface area contributed by atoms with Gasteiger partial charge in [0.2, 0.25) is 5.60 Å². The quantitative estimate of drug-likeness (QED) is 0.218. The van der Waals surface area contributed by atoms with Crippen LogP contribution < -0.4 is 0 Å². The molecule has 0 unspecified atom stereocenters. The van der Waals surface area contributed by atoms with Crippen LogP contribution in [-0.4, -0.2) is 81.3 Å². The molecule has 3 fully saturated rings. The summed E-state index contributed by atoms with van der Waals surface area (Å²) in [5, 5.41) is 12.2. The molecule has 5 rings (SSSR count). The van der Waals surface area contributed by atoms with E-state index in [0.717, 1.165) is 6.92 Å². The number of aliphatic hydroxyl groups is 1. The molecule has 0 aromatic rings. The van der Waals surface area contributed by atoms with Gasteiger partial charge in [-0.05, 0) is 38.5 Å². The third-order valence-corrected chi connectivity index (χ3v) is 9.74. The van der Waals surface area contributed by atoms with Crippen LogP contribution in [0.25, 0.3) is 0 Å². The van der Waals surface area contributed by atoms with Gasteiger partial charge < -0.3 is 33.5 Å². The van der Waals surface area contributed by atoms with E-state index in [1.54, 1.807) is 32.9 Å². The molecular weight excluding hydrogens is 540 g/mol. The Kier molecular flexibility index (Phi) is 6.16. The molecule has 1 saturated carbocycles. The maximum atomic E-state index is 13.3. The molecule has 1 N–H and O–H groups in total. The fraction of sp³-hybridized carbons (Fsp3) is 0.690. The van der Waals surface area contributed by atoms with Crippen LogP contribution in [0.4, 0.5) is 0 Å². The Labute approximate surface area is 237 Å². The van der Waals surface area contributed by atoms with Crippen LogP contribution in [-0.2, 0) is 52.4 Å². The zero-order valence-electron chi connectivity index (χ0n) is 24.4. The van der Waals surface area contributed by atoms with Gasteiger partial charge in [0.15, 0.2) is 22.9 Å². The Morgan fingerprint density at radius 1 is 1.02 bits per heavy atom. The highest BCUT2D eigenvalue weighted by atomic mass is 16.7. The molecule has 10 atom stereocenters. The average Bonchev–Trinajstić information content (AvgIpc) is 3.44. The first-order valence-corrected chi connectivity index (χ1v) is 13.7. The number of rotatable bonds is 5. The van der Waals surface area contributed by atoms with Gasteiger partial charge in [0.1, 0.15) is 17.8 Å². The van der Waals surface area contributed by atoms with Crippen LogP contribution in [0.1, 0.15) is 68.2 Å². The molecule has 0 radical (unpaired) electrons. The second-order valence-corrected chi connectivity index (χ2v) is 12.2. The third kappa shape index (κ3) is 3.31. The lowest BCUT2D eigenvalue weighted by atomic mass is 9.31. The van der Waals surface area contributed by atoms with Gasteiger partial charge in [-0.15, -0.1) is 0 Å². The number of hydrogen-bond donors (Lipinski definition) is 1. The molecule has 224 valence electrons. The Bertz CT molecular complexity index is 1310. The molecule has 2 aliphatic heterocycles. The minimum Gasteiger partial charge on any atom is -0.458 e. The summed E-state index contributed by atoms with van der Waals surface area (Å²) in [6.45, 7) is 11.5. The number of carbonyl (C=O) groups is 5. The van der Waals surface area contributed by atoms with Gasteiger partial charge in [0.05, 0.1) is 5.92 Å². The molecule has 0 bridgehead atoms. The lowest BCUT2D eigenvalue weighted by molar-refractivity contribution is -0.401. The molecule has 12 heteroatoms. The lowest BCUT2D eigenvalue weighted by Crippen LogP contribution is -2.93. The number of esters is 5. The predicted molar refractivity (Wildman–Crippen MR) is 137 cm³/mol. The van der Waals surface area contributed by atoms with Gasteiger partial charge in [-0.3, -0.25) is 19.2 Å². The monoisotopic (exact) mass is 576 g/mol. The maximum Gasteiger partial charge on any atom is 0.342 e. The Morgan fingerprint density at radius 2 is 1.66 bits per heavy atom. The van der Waals surface area contributed by atoms with Gasteiger partial charge >= 0.3 is 29.8 Å². The van der Waals surface area contributed by atoms with Crippen molar-refractivity contribution < 1.29 is 57.5 Å². The highest BCUT2D eigenvalue weighted by Gasteiger charge is 3.03. The summed E-state index contributed by atoms with van der Waals surface area (Å²) in [5.74, 6) is -4.68. The van der Waals surface area contributed by atoms with E-state index in [1.165, 1.54) is 33.8 Å². The number of epoxide rings is 1. The Balaban J connectivity index is 1.88. The number of ether oxygens (including phenoxy) is 6. The zero-order chi connectivity index (χ0) is 30.6. The van der Waals surface area contributed by atoms with E-state index in [-0.39, 0.29) is 12.8 Å². The molecular formula is C29H36O12. The van der Waals surface area contributed by atoms with Crippen molar-refractivity contribution in [2.75, 3.05) is 0 Å². The summed E-state index contributed by atoms with van der Waals surface area (Å²) in [4.78, 5) is 63.9. The SMILES string of the molecule is CCC(=O)O[C@@H]1C[C@]2(OC(C)=O)[C@@](OC(C)=O)([C@H]3[C@@](C)(O)[C@H](OC(C)=O)C=C[C@@]32C)[C@]23O[C@]2(C)C(=O)O[C@H]3/C=C\1C. The van der Waals surface area contributed by atoms with Gasteiger partial charge in [-0.1, -0.05) is 19.9 Å². The zero-order valence-corrected chi connectivity index (χ0v) is 24.4. The second kappa shape index (κ2) is 8.64. The van der Waals surface area contributed by atoms with E-state index >= 15 is 0 Å². The molecule has 2 saturated heterocycles. The van der Waals surface area contributed by atoms with Gasteiger partial charge in [0.25, 0.3) is 0 Å². The van der Waals surface area contributed by atoms with Crippen molar-refractivity contribution in [2.45, 2.75) is 115 Å². The Morgan fingerprint density at radius 3 is 2.20 bits per heavy atom. The fourth-order valence-corrected chi connectivity index (χ4v) is 8.31. The Hall–Kier alpha value is -3.25. The first-order valence-electron chi connectivity index (χ1n) is 13.7. The van der Waals surface area contributed by atoms with Crippen molar-refractivity contribution in [3.05, 3.63) is 23.8 Å². The first-order chi connectivity index (χ1) is 18.9. The van der Waals surface area contributed by atoms with Crippen molar-refractivity contribution in [1.82, 2.24) is 0 Å². The molecule has 5 aliphatic rings. The summed E-state index contributed by atoms with van der Waals surface area (Å²) in [6.07, 6.45) is 1.19. The van der Waals surface area contributed by atoms with Crippen molar-refractivity contribution in [2.24, 2.45) is 11.3 Å². The number of fused-ring (bicyclic) bond motifs is 4. The standard InChI is InChI=1S/C29H36O12/c1-9-21(33)37-18-13-27(39-16(4)31)24(6)11-10-19(36-15(3)30)25(7,35)22(24)29(27,40-17(5)32)28-20(12-14(18)2)38-23(34)26(28,8)41-28/h10-12,18-20,22,35H,9,13H2,1-8H3/b14-12-/t18-,19-,20+,22-,24+,25+,26-,27-,28-,29+/m1/s1. The molecule has 2 heterocycles. The average molecular weight is 577 g/mol. The van der Waals surface area contributed by atoms with Gasteiger partial charge in [-0.25, -0.2) is 4.79 Å². The van der Waals surface area contributed by atoms with E-state index in [4.69, 9.17) is 28.4 Å². The van der Waals surface area contributed by atoms with Crippen LogP contribution in [0.3, 0.4) is 0 Å². The van der Waals surface area contributed by atoms with E-state index in [0.29, 0.717) is 5.57 Å². The fourth-order valence-electron chi connectivity index (χ4n) is 8.31. The van der Waals surface area contributed by atoms with E-state index in [9.17, 15) is 29.1 Å². The molecule has 0 aromatic carbocycles.